The lowest BCUT2D eigenvalue weighted by Gasteiger charge is -2.19. The number of rotatable bonds is 9. The normalized spacial score (nSPS) is 15.5. The summed E-state index contributed by atoms with van der Waals surface area (Å²) in [5, 5.41) is 6.74. The minimum absolute atomic E-state index is 0. The Morgan fingerprint density at radius 1 is 1.21 bits per heavy atom. The highest BCUT2D eigenvalue weighted by atomic mass is 127. The molecule has 1 aliphatic heterocycles. The number of aromatic nitrogens is 1. The second kappa shape index (κ2) is 13.9. The van der Waals surface area contributed by atoms with Crippen molar-refractivity contribution in [2.75, 3.05) is 26.7 Å². The number of hydrogen-bond donors (Lipinski definition) is 2. The largest absolute Gasteiger partial charge is 0.490 e. The number of guanidine groups is 1. The molecule has 2 aromatic rings. The van der Waals surface area contributed by atoms with E-state index in [4.69, 9.17) is 9.47 Å². The number of hydrogen-bond acceptors (Lipinski definition) is 5. The second-order valence-electron chi connectivity index (χ2n) is 7.61. The van der Waals surface area contributed by atoms with Crippen LogP contribution in [0.5, 0.6) is 17.4 Å². The topological polar surface area (TPSA) is 88.1 Å². The zero-order valence-electron chi connectivity index (χ0n) is 19.5. The first-order valence-electron chi connectivity index (χ1n) is 11.2. The summed E-state index contributed by atoms with van der Waals surface area (Å²) in [5.41, 5.74) is 0.898. The van der Waals surface area contributed by atoms with Gasteiger partial charge in [-0.15, -0.1) is 24.0 Å². The lowest BCUT2D eigenvalue weighted by molar-refractivity contribution is -0.129. The number of ether oxygens (including phenoxy) is 2. The van der Waals surface area contributed by atoms with Gasteiger partial charge < -0.3 is 25.0 Å². The Labute approximate surface area is 213 Å². The van der Waals surface area contributed by atoms with Crippen molar-refractivity contribution < 1.29 is 14.3 Å². The summed E-state index contributed by atoms with van der Waals surface area (Å²) in [4.78, 5) is 22.6. The van der Waals surface area contributed by atoms with Crippen LogP contribution in [0, 0.1) is 0 Å². The molecule has 1 aliphatic rings. The lowest BCUT2D eigenvalue weighted by Crippen LogP contribution is -2.44. The molecule has 8 nitrogen and oxygen atoms in total. The molecule has 1 unspecified atom stereocenters. The Hall–Kier alpha value is -2.56. The number of benzene rings is 1. The summed E-state index contributed by atoms with van der Waals surface area (Å²) < 4.78 is 11.9. The van der Waals surface area contributed by atoms with Crippen molar-refractivity contribution in [3.63, 3.8) is 0 Å². The second-order valence-corrected chi connectivity index (χ2v) is 7.61. The predicted octanol–water partition coefficient (Wildman–Crippen LogP) is 3.96. The highest BCUT2D eigenvalue weighted by Crippen LogP contribution is 2.31. The highest BCUT2D eigenvalue weighted by Gasteiger charge is 2.25. The summed E-state index contributed by atoms with van der Waals surface area (Å²) >= 11 is 0. The van der Waals surface area contributed by atoms with E-state index in [1.54, 1.807) is 13.2 Å². The first-order chi connectivity index (χ1) is 15.6. The molecule has 1 saturated heterocycles. The quantitative estimate of drug-likeness (QED) is 0.271. The van der Waals surface area contributed by atoms with Gasteiger partial charge in [-0.05, 0) is 31.0 Å². The van der Waals surface area contributed by atoms with Gasteiger partial charge in [0.2, 0.25) is 11.8 Å². The monoisotopic (exact) mass is 567 g/mol. The van der Waals surface area contributed by atoms with E-state index in [1.807, 2.05) is 48.2 Å². The number of amides is 1. The average molecular weight is 567 g/mol. The number of carbonyl (C=O) groups excluding carboxylic acids is 1. The smallest absolute Gasteiger partial charge is 0.224 e. The molecular weight excluding hydrogens is 533 g/mol. The zero-order chi connectivity index (χ0) is 22.8. The van der Waals surface area contributed by atoms with Crippen molar-refractivity contribution in [3.8, 4) is 17.4 Å². The Kier molecular flexibility index (Phi) is 11.2. The molecule has 0 aliphatic carbocycles. The van der Waals surface area contributed by atoms with Gasteiger partial charge in [0.05, 0.1) is 6.61 Å². The van der Waals surface area contributed by atoms with Gasteiger partial charge in [0.15, 0.2) is 17.5 Å². The number of nitrogens with one attached hydrogen (secondary N) is 2. The van der Waals surface area contributed by atoms with E-state index in [2.05, 4.69) is 27.5 Å². The summed E-state index contributed by atoms with van der Waals surface area (Å²) in [6.07, 6.45) is 4.07. The molecule has 0 bridgehead atoms. The van der Waals surface area contributed by atoms with Gasteiger partial charge in [-0.25, -0.2) is 4.98 Å². The SMILES string of the molecule is CCCOc1ccccc1Oc1ncccc1CNC(=NC)NC1CCN(C(=O)CC)C1.I. The zero-order valence-corrected chi connectivity index (χ0v) is 21.9. The molecule has 9 heteroatoms. The molecule has 1 fully saturated rings. The van der Waals surface area contributed by atoms with Crippen molar-refractivity contribution in [1.82, 2.24) is 20.5 Å². The Balaban J connectivity index is 0.00000385. The van der Waals surface area contributed by atoms with Crippen LogP contribution in [0.15, 0.2) is 47.6 Å². The van der Waals surface area contributed by atoms with Gasteiger partial charge in [0.1, 0.15) is 0 Å². The van der Waals surface area contributed by atoms with Crippen LogP contribution < -0.4 is 20.1 Å². The molecule has 0 spiro atoms. The van der Waals surface area contributed by atoms with Crippen LogP contribution in [0.3, 0.4) is 0 Å². The van der Waals surface area contributed by atoms with E-state index in [1.165, 1.54) is 0 Å². The minimum Gasteiger partial charge on any atom is -0.490 e. The van der Waals surface area contributed by atoms with Gasteiger partial charge in [-0.3, -0.25) is 9.79 Å². The maximum atomic E-state index is 11.9. The number of pyridine rings is 1. The molecule has 1 aromatic carbocycles. The van der Waals surface area contributed by atoms with Crippen molar-refractivity contribution in [2.24, 2.45) is 4.99 Å². The molecule has 3 rings (SSSR count). The molecule has 33 heavy (non-hydrogen) atoms. The molecular formula is C24H34IN5O3. The molecule has 1 amide bonds. The molecule has 2 N–H and O–H groups in total. The fourth-order valence-electron chi connectivity index (χ4n) is 3.52. The van der Waals surface area contributed by atoms with Crippen LogP contribution in [0.1, 0.15) is 38.7 Å². The summed E-state index contributed by atoms with van der Waals surface area (Å²) in [6.45, 7) is 6.56. The molecule has 1 atom stereocenters. The number of halogens is 1. The van der Waals surface area contributed by atoms with E-state index >= 15 is 0 Å². The first kappa shape index (κ1) is 26.7. The highest BCUT2D eigenvalue weighted by molar-refractivity contribution is 14.0. The Morgan fingerprint density at radius 3 is 2.73 bits per heavy atom. The maximum absolute atomic E-state index is 11.9. The third kappa shape index (κ3) is 7.76. The average Bonchev–Trinajstić information content (AvgIpc) is 3.30. The van der Waals surface area contributed by atoms with Crippen molar-refractivity contribution >= 4 is 35.8 Å². The van der Waals surface area contributed by atoms with E-state index in [9.17, 15) is 4.79 Å². The molecule has 0 radical (unpaired) electrons. The number of likely N-dealkylation sites (tertiary alicyclic amines) is 1. The van der Waals surface area contributed by atoms with Crippen molar-refractivity contribution in [1.29, 1.82) is 0 Å². The standard InChI is InChI=1S/C24H33N5O3.HI/c1-4-15-31-20-10-6-7-11-21(20)32-23-18(9-8-13-26-23)16-27-24(25-3)28-19-12-14-29(17-19)22(30)5-2;/h6-11,13,19H,4-5,12,14-17H2,1-3H3,(H2,25,27,28);1H. The number of nitrogens with zero attached hydrogens (tertiary/aromatic N) is 3. The van der Waals surface area contributed by atoms with E-state index < -0.39 is 0 Å². The lowest BCUT2D eigenvalue weighted by atomic mass is 10.2. The summed E-state index contributed by atoms with van der Waals surface area (Å²) in [6, 6.07) is 11.6. The van der Waals surface area contributed by atoms with Crippen molar-refractivity contribution in [2.45, 2.75) is 45.7 Å². The molecule has 0 saturated carbocycles. The summed E-state index contributed by atoms with van der Waals surface area (Å²) in [5.74, 6) is 2.72. The van der Waals surface area contributed by atoms with Crippen LogP contribution >= 0.6 is 24.0 Å². The van der Waals surface area contributed by atoms with E-state index in [0.29, 0.717) is 49.5 Å². The summed E-state index contributed by atoms with van der Waals surface area (Å²) in [7, 11) is 1.74. The van der Waals surface area contributed by atoms with Gasteiger partial charge in [-0.1, -0.05) is 32.0 Å². The predicted molar refractivity (Wildman–Crippen MR) is 141 cm³/mol. The maximum Gasteiger partial charge on any atom is 0.224 e. The van der Waals surface area contributed by atoms with Crippen LogP contribution in [0.2, 0.25) is 0 Å². The minimum atomic E-state index is 0. The van der Waals surface area contributed by atoms with E-state index in [0.717, 1.165) is 24.9 Å². The van der Waals surface area contributed by atoms with E-state index in [-0.39, 0.29) is 35.9 Å². The third-order valence-electron chi connectivity index (χ3n) is 5.22. The van der Waals surface area contributed by atoms with Gasteiger partial charge >= 0.3 is 0 Å². The molecule has 180 valence electrons. The number of carbonyl (C=O) groups is 1. The fraction of sp³-hybridized carbons (Fsp3) is 0.458. The molecule has 2 heterocycles. The van der Waals surface area contributed by atoms with Crippen LogP contribution in [-0.2, 0) is 11.3 Å². The van der Waals surface area contributed by atoms with Crippen LogP contribution in [0.25, 0.3) is 0 Å². The fourth-order valence-corrected chi connectivity index (χ4v) is 3.52. The Bertz CT molecular complexity index is 924. The van der Waals surface area contributed by atoms with Gasteiger partial charge in [0, 0.05) is 50.9 Å². The Morgan fingerprint density at radius 2 is 2.00 bits per heavy atom. The number of para-hydroxylation sites is 2. The van der Waals surface area contributed by atoms with Gasteiger partial charge in [-0.2, -0.15) is 0 Å². The van der Waals surface area contributed by atoms with Gasteiger partial charge in [0.25, 0.3) is 0 Å². The first-order valence-corrected chi connectivity index (χ1v) is 11.2. The van der Waals surface area contributed by atoms with Crippen LogP contribution in [-0.4, -0.2) is 54.5 Å². The molecule has 1 aromatic heterocycles. The van der Waals surface area contributed by atoms with Crippen LogP contribution in [0.4, 0.5) is 0 Å². The van der Waals surface area contributed by atoms with Crippen molar-refractivity contribution in [3.05, 3.63) is 48.2 Å². The third-order valence-corrected chi connectivity index (χ3v) is 5.22. The number of aliphatic imine (C=N–C) groups is 1.